The first-order valence-electron chi connectivity index (χ1n) is 6.18. The highest BCUT2D eigenvalue weighted by Gasteiger charge is 2.13. The zero-order valence-electron chi connectivity index (χ0n) is 11.2. The smallest absolute Gasteiger partial charge is 0.182 e. The van der Waals surface area contributed by atoms with Crippen LogP contribution in [0.25, 0.3) is 17.1 Å². The highest BCUT2D eigenvalue weighted by atomic mass is 35.5. The fourth-order valence-corrected chi connectivity index (χ4v) is 2.12. The van der Waals surface area contributed by atoms with Crippen LogP contribution >= 0.6 is 11.6 Å². The van der Waals surface area contributed by atoms with Crippen molar-refractivity contribution in [2.75, 3.05) is 5.73 Å². The molecule has 0 atom stereocenters. The quantitative estimate of drug-likeness (QED) is 0.759. The Labute approximate surface area is 125 Å². The summed E-state index contributed by atoms with van der Waals surface area (Å²) in [6, 6.07) is 6.70. The Morgan fingerprint density at radius 1 is 1.29 bits per heavy atom. The zero-order chi connectivity index (χ0) is 15.0. The van der Waals surface area contributed by atoms with E-state index in [1.807, 2.05) is 13.0 Å². The lowest BCUT2D eigenvalue weighted by molar-refractivity contribution is 0.475. The highest BCUT2D eigenvalue weighted by Crippen LogP contribution is 2.30. The molecule has 0 bridgehead atoms. The number of hydrogen-bond donors (Lipinski definition) is 2. The van der Waals surface area contributed by atoms with Crippen LogP contribution in [0.2, 0.25) is 5.02 Å². The lowest BCUT2D eigenvalue weighted by atomic mass is 10.1. The van der Waals surface area contributed by atoms with Crippen molar-refractivity contribution in [3.05, 3.63) is 47.4 Å². The summed E-state index contributed by atoms with van der Waals surface area (Å²) in [4.78, 5) is 8.61. The van der Waals surface area contributed by atoms with Crippen molar-refractivity contribution < 1.29 is 5.11 Å². The van der Waals surface area contributed by atoms with E-state index in [0.717, 1.165) is 5.69 Å². The number of aryl methyl sites for hydroxylation is 1. The maximum atomic E-state index is 9.52. The molecule has 0 saturated carbocycles. The van der Waals surface area contributed by atoms with Crippen molar-refractivity contribution in [2.45, 2.75) is 6.92 Å². The van der Waals surface area contributed by atoms with E-state index in [4.69, 9.17) is 17.3 Å². The van der Waals surface area contributed by atoms with Crippen LogP contribution in [0.15, 0.2) is 36.7 Å². The average Bonchev–Trinajstić information content (AvgIpc) is 2.88. The van der Waals surface area contributed by atoms with E-state index in [1.54, 1.807) is 23.0 Å². The largest absolute Gasteiger partial charge is 0.506 e. The van der Waals surface area contributed by atoms with Crippen molar-refractivity contribution in [1.82, 2.24) is 19.7 Å². The molecule has 7 heteroatoms. The van der Waals surface area contributed by atoms with Gasteiger partial charge >= 0.3 is 0 Å². The number of anilines is 1. The van der Waals surface area contributed by atoms with Crippen molar-refractivity contribution >= 4 is 17.4 Å². The Bertz CT molecular complexity index is 815. The number of hydrogen-bond acceptors (Lipinski definition) is 5. The molecule has 106 valence electrons. The average molecular weight is 302 g/mol. The molecule has 0 aliphatic carbocycles. The number of aromatic nitrogens is 4. The summed E-state index contributed by atoms with van der Waals surface area (Å²) in [5, 5.41) is 14.1. The van der Waals surface area contributed by atoms with Gasteiger partial charge in [-0.2, -0.15) is 5.10 Å². The summed E-state index contributed by atoms with van der Waals surface area (Å²) in [7, 11) is 0. The second kappa shape index (κ2) is 5.06. The molecule has 0 spiro atoms. The standard InChI is InChI=1S/C14H12ClN5O/c1-8-4-5-20(19-8)14-13(17-7-12(16)18-14)9-2-3-11(21)10(15)6-9/h2-7,21H,1H3,(H2,16,18). The van der Waals surface area contributed by atoms with Crippen molar-refractivity contribution in [2.24, 2.45) is 0 Å². The van der Waals surface area contributed by atoms with Crippen LogP contribution in [0, 0.1) is 6.92 Å². The molecule has 0 amide bonds. The van der Waals surface area contributed by atoms with Gasteiger partial charge in [0.25, 0.3) is 0 Å². The summed E-state index contributed by atoms with van der Waals surface area (Å²) in [5.41, 5.74) is 7.87. The van der Waals surface area contributed by atoms with Gasteiger partial charge in [-0.1, -0.05) is 11.6 Å². The first kappa shape index (κ1) is 13.4. The van der Waals surface area contributed by atoms with Crippen LogP contribution in [0.3, 0.4) is 0 Å². The second-order valence-electron chi connectivity index (χ2n) is 4.53. The fraction of sp³-hybridized carbons (Fsp3) is 0.0714. The number of rotatable bonds is 2. The number of nitrogen functional groups attached to an aromatic ring is 1. The molecule has 0 aliphatic rings. The number of aromatic hydroxyl groups is 1. The van der Waals surface area contributed by atoms with Gasteiger partial charge in [0.1, 0.15) is 17.3 Å². The zero-order valence-corrected chi connectivity index (χ0v) is 11.9. The molecular weight excluding hydrogens is 290 g/mol. The molecule has 0 saturated heterocycles. The molecule has 3 aromatic rings. The van der Waals surface area contributed by atoms with Gasteiger partial charge in [0.05, 0.1) is 16.9 Å². The van der Waals surface area contributed by atoms with Crippen LogP contribution in [0.1, 0.15) is 5.69 Å². The molecule has 0 fully saturated rings. The molecule has 0 aliphatic heterocycles. The Kier molecular flexibility index (Phi) is 3.23. The summed E-state index contributed by atoms with van der Waals surface area (Å²) in [6.07, 6.45) is 3.25. The van der Waals surface area contributed by atoms with E-state index in [-0.39, 0.29) is 10.8 Å². The topological polar surface area (TPSA) is 89.9 Å². The van der Waals surface area contributed by atoms with Gasteiger partial charge in [-0.05, 0) is 31.2 Å². The summed E-state index contributed by atoms with van der Waals surface area (Å²) in [5.74, 6) is 0.817. The number of nitrogens with two attached hydrogens (primary N) is 1. The third-order valence-corrected chi connectivity index (χ3v) is 3.24. The van der Waals surface area contributed by atoms with E-state index in [2.05, 4.69) is 15.1 Å². The summed E-state index contributed by atoms with van der Waals surface area (Å²) in [6.45, 7) is 1.88. The highest BCUT2D eigenvalue weighted by molar-refractivity contribution is 6.32. The SMILES string of the molecule is Cc1ccn(-c2nc(N)cnc2-c2ccc(O)c(Cl)c2)n1. The van der Waals surface area contributed by atoms with E-state index in [9.17, 15) is 5.11 Å². The monoisotopic (exact) mass is 301 g/mol. The van der Waals surface area contributed by atoms with Gasteiger partial charge in [0, 0.05) is 11.8 Å². The maximum absolute atomic E-state index is 9.52. The van der Waals surface area contributed by atoms with Crippen LogP contribution in [-0.2, 0) is 0 Å². The number of nitrogens with zero attached hydrogens (tertiary/aromatic N) is 4. The Hall–Kier alpha value is -2.60. The van der Waals surface area contributed by atoms with Gasteiger partial charge in [0.2, 0.25) is 0 Å². The number of phenolic OH excluding ortho intramolecular Hbond substituents is 1. The molecule has 21 heavy (non-hydrogen) atoms. The lowest BCUT2D eigenvalue weighted by Crippen LogP contribution is -2.05. The van der Waals surface area contributed by atoms with Crippen molar-refractivity contribution in [3.8, 4) is 22.8 Å². The van der Waals surface area contributed by atoms with Gasteiger partial charge < -0.3 is 10.8 Å². The van der Waals surface area contributed by atoms with Crippen LogP contribution in [0.4, 0.5) is 5.82 Å². The van der Waals surface area contributed by atoms with E-state index < -0.39 is 0 Å². The molecule has 3 rings (SSSR count). The number of halogens is 1. The minimum atomic E-state index is 0.0142. The normalized spacial score (nSPS) is 10.8. The van der Waals surface area contributed by atoms with E-state index in [1.165, 1.54) is 12.3 Å². The summed E-state index contributed by atoms with van der Waals surface area (Å²) >= 11 is 5.95. The predicted octanol–water partition coefficient (Wildman–Crippen LogP) is 2.58. The van der Waals surface area contributed by atoms with Crippen LogP contribution in [-0.4, -0.2) is 24.9 Å². The molecule has 1 aromatic carbocycles. The third-order valence-electron chi connectivity index (χ3n) is 2.93. The summed E-state index contributed by atoms with van der Waals surface area (Å²) < 4.78 is 1.61. The van der Waals surface area contributed by atoms with Gasteiger partial charge in [-0.15, -0.1) is 0 Å². The minimum absolute atomic E-state index is 0.0142. The van der Waals surface area contributed by atoms with Gasteiger partial charge in [-0.25, -0.2) is 14.6 Å². The molecule has 3 N–H and O–H groups in total. The first-order valence-corrected chi connectivity index (χ1v) is 6.56. The van der Waals surface area contributed by atoms with Crippen LogP contribution < -0.4 is 5.73 Å². The molecule has 2 heterocycles. The van der Waals surface area contributed by atoms with Crippen LogP contribution in [0.5, 0.6) is 5.75 Å². The Balaban J connectivity index is 2.20. The molecule has 0 unspecified atom stereocenters. The second-order valence-corrected chi connectivity index (χ2v) is 4.94. The molecule has 2 aromatic heterocycles. The Morgan fingerprint density at radius 2 is 2.10 bits per heavy atom. The molecular formula is C14H12ClN5O. The van der Waals surface area contributed by atoms with Gasteiger partial charge in [0.15, 0.2) is 5.82 Å². The predicted molar refractivity (Wildman–Crippen MR) is 80.4 cm³/mol. The fourth-order valence-electron chi connectivity index (χ4n) is 1.94. The van der Waals surface area contributed by atoms with Gasteiger partial charge in [-0.3, -0.25) is 0 Å². The van der Waals surface area contributed by atoms with E-state index >= 15 is 0 Å². The first-order chi connectivity index (χ1) is 10.0. The van der Waals surface area contributed by atoms with Crippen molar-refractivity contribution in [1.29, 1.82) is 0 Å². The molecule has 6 nitrogen and oxygen atoms in total. The minimum Gasteiger partial charge on any atom is -0.506 e. The van der Waals surface area contributed by atoms with E-state index in [0.29, 0.717) is 22.9 Å². The molecule has 0 radical (unpaired) electrons. The third kappa shape index (κ3) is 2.53. The lowest BCUT2D eigenvalue weighted by Gasteiger charge is -2.09. The van der Waals surface area contributed by atoms with Crippen molar-refractivity contribution in [3.63, 3.8) is 0 Å². The maximum Gasteiger partial charge on any atom is 0.182 e. The number of benzene rings is 1. The number of phenols is 1. The Morgan fingerprint density at radius 3 is 2.76 bits per heavy atom.